The van der Waals surface area contributed by atoms with Crippen molar-refractivity contribution in [3.8, 4) is 0 Å². The molecule has 2 rings (SSSR count). The molecule has 0 aromatic carbocycles. The molecule has 1 saturated heterocycles. The van der Waals surface area contributed by atoms with Crippen LogP contribution in [0, 0.1) is 13.8 Å². The fourth-order valence-electron chi connectivity index (χ4n) is 1.91. The summed E-state index contributed by atoms with van der Waals surface area (Å²) in [4.78, 5) is 8.62. The molecule has 70 valence electrons. The van der Waals surface area contributed by atoms with E-state index in [1.807, 2.05) is 13.1 Å². The van der Waals surface area contributed by atoms with Crippen molar-refractivity contribution < 1.29 is 0 Å². The molecule has 1 aromatic rings. The van der Waals surface area contributed by atoms with Crippen molar-refractivity contribution in [2.45, 2.75) is 26.2 Å². The molecule has 0 unspecified atom stereocenters. The van der Waals surface area contributed by atoms with E-state index in [-0.39, 0.29) is 0 Å². The molecule has 0 radical (unpaired) electrons. The van der Waals surface area contributed by atoms with Crippen LogP contribution in [0.4, 0.5) is 0 Å². The average Bonchev–Trinajstić information content (AvgIpc) is 2.56. The molecule has 0 saturated carbocycles. The molecule has 1 fully saturated rings. The zero-order valence-corrected chi connectivity index (χ0v) is 8.17. The summed E-state index contributed by atoms with van der Waals surface area (Å²) in [6.45, 7) is 6.21. The van der Waals surface area contributed by atoms with Gasteiger partial charge in [-0.2, -0.15) is 0 Å². The highest BCUT2D eigenvalue weighted by molar-refractivity contribution is 5.22. The second-order valence-electron chi connectivity index (χ2n) is 3.65. The summed E-state index contributed by atoms with van der Waals surface area (Å²) >= 11 is 0. The topological polar surface area (TPSA) is 37.8 Å². The van der Waals surface area contributed by atoms with Gasteiger partial charge in [0.25, 0.3) is 0 Å². The molecule has 13 heavy (non-hydrogen) atoms. The maximum Gasteiger partial charge on any atom is 0.125 e. The normalized spacial score (nSPS) is 22.2. The lowest BCUT2D eigenvalue weighted by Crippen LogP contribution is -2.10. The Morgan fingerprint density at radius 2 is 2.31 bits per heavy atom. The summed E-state index contributed by atoms with van der Waals surface area (Å²) in [5.74, 6) is 1.49. The molecule has 0 bridgehead atoms. The molecule has 0 amide bonds. The first-order valence-corrected chi connectivity index (χ1v) is 4.78. The smallest absolute Gasteiger partial charge is 0.125 e. The highest BCUT2D eigenvalue weighted by Crippen LogP contribution is 2.23. The molecular formula is C10H15N3. The van der Waals surface area contributed by atoms with Crippen LogP contribution in [0.25, 0.3) is 0 Å². The van der Waals surface area contributed by atoms with Gasteiger partial charge in [-0.15, -0.1) is 0 Å². The first-order chi connectivity index (χ1) is 6.27. The van der Waals surface area contributed by atoms with Gasteiger partial charge in [0.05, 0.1) is 0 Å². The number of aryl methyl sites for hydroxylation is 2. The van der Waals surface area contributed by atoms with Crippen molar-refractivity contribution in [3.63, 3.8) is 0 Å². The van der Waals surface area contributed by atoms with Crippen LogP contribution in [0.5, 0.6) is 0 Å². The molecule has 0 spiro atoms. The lowest BCUT2D eigenvalue weighted by Gasteiger charge is -2.10. The van der Waals surface area contributed by atoms with E-state index < -0.39 is 0 Å². The number of nitrogens with one attached hydrogen (secondary N) is 1. The number of nitrogens with zero attached hydrogens (tertiary/aromatic N) is 2. The Balaban J connectivity index is 2.29. The van der Waals surface area contributed by atoms with E-state index in [9.17, 15) is 0 Å². The first-order valence-electron chi connectivity index (χ1n) is 4.78. The highest BCUT2D eigenvalue weighted by atomic mass is 14.9. The van der Waals surface area contributed by atoms with Gasteiger partial charge in [-0.25, -0.2) is 9.97 Å². The average molecular weight is 177 g/mol. The predicted octanol–water partition coefficient (Wildman–Crippen LogP) is 1.17. The zero-order valence-electron chi connectivity index (χ0n) is 8.17. The molecular weight excluding hydrogens is 162 g/mol. The van der Waals surface area contributed by atoms with E-state index in [0.29, 0.717) is 5.92 Å². The molecule has 3 heteroatoms. The Morgan fingerprint density at radius 1 is 1.46 bits per heavy atom. The maximum atomic E-state index is 4.38. The standard InChI is InChI=1S/C10H15N3/c1-7-10(6-12-8(2)13-7)9-3-4-11-5-9/h6,9,11H,3-5H2,1-2H3/t9-/m0/s1. The lowest BCUT2D eigenvalue weighted by molar-refractivity contribution is 0.739. The van der Waals surface area contributed by atoms with Crippen LogP contribution < -0.4 is 5.32 Å². The van der Waals surface area contributed by atoms with Gasteiger partial charge in [0.2, 0.25) is 0 Å². The Labute approximate surface area is 78.6 Å². The minimum Gasteiger partial charge on any atom is -0.316 e. The summed E-state index contributed by atoms with van der Waals surface area (Å²) in [5.41, 5.74) is 2.46. The first kappa shape index (κ1) is 8.63. The van der Waals surface area contributed by atoms with Crippen LogP contribution in [0.3, 0.4) is 0 Å². The van der Waals surface area contributed by atoms with Crippen molar-refractivity contribution in [2.24, 2.45) is 0 Å². The molecule has 1 aliphatic rings. The summed E-state index contributed by atoms with van der Waals surface area (Å²) < 4.78 is 0. The van der Waals surface area contributed by atoms with Gasteiger partial charge in [0.1, 0.15) is 5.82 Å². The number of hydrogen-bond donors (Lipinski definition) is 1. The third-order valence-corrected chi connectivity index (χ3v) is 2.64. The largest absolute Gasteiger partial charge is 0.316 e. The maximum absolute atomic E-state index is 4.38. The lowest BCUT2D eigenvalue weighted by atomic mass is 9.99. The van der Waals surface area contributed by atoms with Crippen molar-refractivity contribution in [2.75, 3.05) is 13.1 Å². The summed E-state index contributed by atoms with van der Waals surface area (Å²) in [6.07, 6.45) is 3.20. The SMILES string of the molecule is Cc1ncc([C@H]2CCNC2)c(C)n1. The second kappa shape index (κ2) is 3.42. The Kier molecular flexibility index (Phi) is 2.27. The Bertz CT molecular complexity index is 303. The van der Waals surface area contributed by atoms with Gasteiger partial charge >= 0.3 is 0 Å². The zero-order chi connectivity index (χ0) is 9.26. The monoisotopic (exact) mass is 177 g/mol. The third kappa shape index (κ3) is 1.70. The van der Waals surface area contributed by atoms with Crippen molar-refractivity contribution in [1.82, 2.24) is 15.3 Å². The van der Waals surface area contributed by atoms with E-state index in [4.69, 9.17) is 0 Å². The van der Waals surface area contributed by atoms with E-state index >= 15 is 0 Å². The third-order valence-electron chi connectivity index (χ3n) is 2.64. The highest BCUT2D eigenvalue weighted by Gasteiger charge is 2.18. The molecule has 1 aromatic heterocycles. The van der Waals surface area contributed by atoms with Gasteiger partial charge in [0.15, 0.2) is 0 Å². The fraction of sp³-hybridized carbons (Fsp3) is 0.600. The van der Waals surface area contributed by atoms with E-state index in [1.165, 1.54) is 12.0 Å². The quantitative estimate of drug-likeness (QED) is 0.699. The number of rotatable bonds is 1. The van der Waals surface area contributed by atoms with E-state index in [1.54, 1.807) is 0 Å². The van der Waals surface area contributed by atoms with Gasteiger partial charge < -0.3 is 5.32 Å². The fourth-order valence-corrected chi connectivity index (χ4v) is 1.91. The summed E-state index contributed by atoms with van der Waals surface area (Å²) in [5, 5.41) is 3.36. The van der Waals surface area contributed by atoms with Gasteiger partial charge in [-0.3, -0.25) is 0 Å². The number of aromatic nitrogens is 2. The Hall–Kier alpha value is -0.960. The van der Waals surface area contributed by atoms with Crippen LogP contribution >= 0.6 is 0 Å². The number of hydrogen-bond acceptors (Lipinski definition) is 3. The summed E-state index contributed by atoms with van der Waals surface area (Å²) in [7, 11) is 0. The molecule has 1 aliphatic heterocycles. The molecule has 3 nitrogen and oxygen atoms in total. The summed E-state index contributed by atoms with van der Waals surface area (Å²) in [6, 6.07) is 0. The molecule has 0 aliphatic carbocycles. The van der Waals surface area contributed by atoms with E-state index in [2.05, 4.69) is 22.2 Å². The van der Waals surface area contributed by atoms with Crippen molar-refractivity contribution in [3.05, 3.63) is 23.3 Å². The van der Waals surface area contributed by atoms with Crippen molar-refractivity contribution in [1.29, 1.82) is 0 Å². The van der Waals surface area contributed by atoms with Gasteiger partial charge in [0, 0.05) is 24.4 Å². The minimum atomic E-state index is 0.626. The van der Waals surface area contributed by atoms with Gasteiger partial charge in [-0.05, 0) is 32.4 Å². The molecule has 1 atom stereocenters. The predicted molar refractivity (Wildman–Crippen MR) is 51.7 cm³/mol. The van der Waals surface area contributed by atoms with Crippen molar-refractivity contribution >= 4 is 0 Å². The van der Waals surface area contributed by atoms with Crippen LogP contribution in [0.1, 0.15) is 29.4 Å². The molecule has 2 heterocycles. The van der Waals surface area contributed by atoms with Gasteiger partial charge in [-0.1, -0.05) is 0 Å². The van der Waals surface area contributed by atoms with E-state index in [0.717, 1.165) is 24.6 Å². The molecule has 1 N–H and O–H groups in total. The van der Waals surface area contributed by atoms with Crippen LogP contribution in [0.15, 0.2) is 6.20 Å². The second-order valence-corrected chi connectivity index (χ2v) is 3.65. The van der Waals surface area contributed by atoms with Crippen LogP contribution in [-0.4, -0.2) is 23.1 Å². The minimum absolute atomic E-state index is 0.626. The Morgan fingerprint density at radius 3 is 2.92 bits per heavy atom. The van der Waals surface area contributed by atoms with Crippen LogP contribution in [0.2, 0.25) is 0 Å². The van der Waals surface area contributed by atoms with Crippen LogP contribution in [-0.2, 0) is 0 Å².